The standard InChI is InChI=1S/C21H36N4O.HI/c1-4-19-8-6-7-9-20(19)17-24-21(22-5-2)23-16-18-10-12-25(13-11-18)14-15-26-3;/h6-9,18H,4-5,10-17H2,1-3H3,(H2,22,23,24);1H. The SMILES string of the molecule is CCNC(=NCc1ccccc1CC)NCC1CCN(CCOC)CC1.I. The van der Waals surface area contributed by atoms with Gasteiger partial charge in [-0.2, -0.15) is 0 Å². The molecule has 0 radical (unpaired) electrons. The molecule has 1 saturated heterocycles. The van der Waals surface area contributed by atoms with Gasteiger partial charge in [0.1, 0.15) is 0 Å². The van der Waals surface area contributed by atoms with E-state index in [0.29, 0.717) is 0 Å². The van der Waals surface area contributed by atoms with Crippen molar-refractivity contribution in [3.8, 4) is 0 Å². The highest BCUT2D eigenvalue weighted by atomic mass is 127. The van der Waals surface area contributed by atoms with Crippen molar-refractivity contribution >= 4 is 29.9 Å². The summed E-state index contributed by atoms with van der Waals surface area (Å²) in [5.41, 5.74) is 2.70. The first-order valence-corrected chi connectivity index (χ1v) is 10.1. The molecule has 0 unspecified atom stereocenters. The third kappa shape index (κ3) is 8.79. The molecular formula is C21H37IN4O. The molecule has 1 aromatic rings. The van der Waals surface area contributed by atoms with Gasteiger partial charge in [-0.3, -0.25) is 0 Å². The summed E-state index contributed by atoms with van der Waals surface area (Å²) in [6, 6.07) is 8.58. The number of nitrogens with zero attached hydrogens (tertiary/aromatic N) is 2. The van der Waals surface area contributed by atoms with Crippen LogP contribution in [-0.4, -0.2) is 57.3 Å². The number of nitrogens with one attached hydrogen (secondary N) is 2. The molecule has 154 valence electrons. The van der Waals surface area contributed by atoms with Crippen LogP contribution in [0.4, 0.5) is 0 Å². The summed E-state index contributed by atoms with van der Waals surface area (Å²) in [7, 11) is 1.77. The average Bonchev–Trinajstić information content (AvgIpc) is 2.69. The van der Waals surface area contributed by atoms with Crippen LogP contribution in [0.5, 0.6) is 0 Å². The van der Waals surface area contributed by atoms with Crippen LogP contribution in [0.1, 0.15) is 37.8 Å². The number of aryl methyl sites for hydroxylation is 1. The van der Waals surface area contributed by atoms with Crippen molar-refractivity contribution in [3.63, 3.8) is 0 Å². The molecule has 0 aromatic heterocycles. The minimum absolute atomic E-state index is 0. The zero-order chi connectivity index (χ0) is 18.6. The second-order valence-electron chi connectivity index (χ2n) is 6.98. The van der Waals surface area contributed by atoms with Gasteiger partial charge in [-0.15, -0.1) is 24.0 Å². The molecule has 2 rings (SSSR count). The zero-order valence-electron chi connectivity index (χ0n) is 17.2. The molecule has 27 heavy (non-hydrogen) atoms. The van der Waals surface area contributed by atoms with Crippen molar-refractivity contribution in [1.29, 1.82) is 0 Å². The maximum Gasteiger partial charge on any atom is 0.191 e. The van der Waals surface area contributed by atoms with E-state index in [4.69, 9.17) is 9.73 Å². The Kier molecular flexibility index (Phi) is 12.7. The normalized spacial score (nSPS) is 16.0. The molecule has 5 nitrogen and oxygen atoms in total. The van der Waals surface area contributed by atoms with Crippen LogP contribution in [0, 0.1) is 5.92 Å². The zero-order valence-corrected chi connectivity index (χ0v) is 19.5. The summed E-state index contributed by atoms with van der Waals surface area (Å²) in [5.74, 6) is 1.65. The predicted octanol–water partition coefficient (Wildman–Crippen LogP) is 3.28. The monoisotopic (exact) mass is 488 g/mol. The maximum atomic E-state index is 5.18. The first-order chi connectivity index (χ1) is 12.8. The van der Waals surface area contributed by atoms with Crippen LogP contribution in [0.2, 0.25) is 0 Å². The third-order valence-electron chi connectivity index (χ3n) is 5.13. The number of aliphatic imine (C=N–C) groups is 1. The van der Waals surface area contributed by atoms with Crippen molar-refractivity contribution < 1.29 is 4.74 Å². The van der Waals surface area contributed by atoms with Gasteiger partial charge in [-0.25, -0.2) is 4.99 Å². The van der Waals surface area contributed by atoms with Crippen LogP contribution >= 0.6 is 24.0 Å². The molecule has 0 aliphatic carbocycles. The molecule has 1 aliphatic heterocycles. The van der Waals surface area contributed by atoms with E-state index in [-0.39, 0.29) is 24.0 Å². The van der Waals surface area contributed by atoms with Crippen LogP contribution in [0.25, 0.3) is 0 Å². The smallest absolute Gasteiger partial charge is 0.191 e. The Bertz CT molecular complexity index is 545. The maximum absolute atomic E-state index is 5.18. The van der Waals surface area contributed by atoms with Crippen LogP contribution in [0.15, 0.2) is 29.3 Å². The Morgan fingerprint density at radius 1 is 1.15 bits per heavy atom. The quantitative estimate of drug-likeness (QED) is 0.318. The first-order valence-electron chi connectivity index (χ1n) is 10.1. The van der Waals surface area contributed by atoms with Crippen LogP contribution in [0.3, 0.4) is 0 Å². The number of benzene rings is 1. The third-order valence-corrected chi connectivity index (χ3v) is 5.13. The van der Waals surface area contributed by atoms with E-state index in [9.17, 15) is 0 Å². The number of piperidine rings is 1. The van der Waals surface area contributed by atoms with E-state index >= 15 is 0 Å². The van der Waals surface area contributed by atoms with Gasteiger partial charge in [0.05, 0.1) is 13.2 Å². The number of guanidine groups is 1. The van der Waals surface area contributed by atoms with Gasteiger partial charge in [0.25, 0.3) is 0 Å². The summed E-state index contributed by atoms with van der Waals surface area (Å²) < 4.78 is 5.18. The summed E-state index contributed by atoms with van der Waals surface area (Å²) in [6.45, 7) is 11.2. The van der Waals surface area contributed by atoms with Gasteiger partial charge < -0.3 is 20.3 Å². The molecule has 1 aromatic carbocycles. The number of likely N-dealkylation sites (tertiary alicyclic amines) is 1. The van der Waals surface area contributed by atoms with E-state index in [0.717, 1.165) is 51.1 Å². The van der Waals surface area contributed by atoms with Crippen LogP contribution in [-0.2, 0) is 17.7 Å². The van der Waals surface area contributed by atoms with Crippen molar-refractivity contribution in [2.24, 2.45) is 10.9 Å². The molecule has 1 fully saturated rings. The van der Waals surface area contributed by atoms with E-state index in [1.165, 1.54) is 37.1 Å². The van der Waals surface area contributed by atoms with Crippen molar-refractivity contribution in [1.82, 2.24) is 15.5 Å². The molecule has 0 atom stereocenters. The Morgan fingerprint density at radius 2 is 1.85 bits per heavy atom. The van der Waals surface area contributed by atoms with Gasteiger partial charge >= 0.3 is 0 Å². The average molecular weight is 488 g/mol. The minimum atomic E-state index is 0. The van der Waals surface area contributed by atoms with Crippen molar-refractivity contribution in [2.75, 3.05) is 46.4 Å². The van der Waals surface area contributed by atoms with E-state index in [1.807, 2.05) is 0 Å². The molecule has 0 bridgehead atoms. The topological polar surface area (TPSA) is 48.9 Å². The second kappa shape index (κ2) is 14.2. The summed E-state index contributed by atoms with van der Waals surface area (Å²) in [4.78, 5) is 7.30. The number of ether oxygens (including phenoxy) is 1. The summed E-state index contributed by atoms with van der Waals surface area (Å²) in [5, 5.41) is 6.93. The second-order valence-corrected chi connectivity index (χ2v) is 6.98. The van der Waals surface area contributed by atoms with Crippen molar-refractivity contribution in [3.05, 3.63) is 35.4 Å². The fourth-order valence-electron chi connectivity index (χ4n) is 3.44. The minimum Gasteiger partial charge on any atom is -0.383 e. The fraction of sp³-hybridized carbons (Fsp3) is 0.667. The lowest BCUT2D eigenvalue weighted by atomic mass is 9.97. The van der Waals surface area contributed by atoms with Gasteiger partial charge in [0.15, 0.2) is 5.96 Å². The van der Waals surface area contributed by atoms with Crippen LogP contribution < -0.4 is 10.6 Å². The van der Waals surface area contributed by atoms with E-state index < -0.39 is 0 Å². The Labute approximate surface area is 182 Å². The largest absolute Gasteiger partial charge is 0.383 e. The molecule has 2 N–H and O–H groups in total. The molecule has 0 amide bonds. The lowest BCUT2D eigenvalue weighted by Gasteiger charge is -2.32. The highest BCUT2D eigenvalue weighted by Crippen LogP contribution is 2.16. The molecule has 1 aliphatic rings. The summed E-state index contributed by atoms with van der Waals surface area (Å²) >= 11 is 0. The summed E-state index contributed by atoms with van der Waals surface area (Å²) in [6.07, 6.45) is 3.54. The Balaban J connectivity index is 0.00000364. The number of halogens is 1. The fourth-order valence-corrected chi connectivity index (χ4v) is 3.44. The Hall–Kier alpha value is -0.860. The van der Waals surface area contributed by atoms with Gasteiger partial charge in [-0.05, 0) is 56.3 Å². The number of hydrogen-bond donors (Lipinski definition) is 2. The number of rotatable bonds is 9. The molecule has 0 spiro atoms. The number of methoxy groups -OCH3 is 1. The van der Waals surface area contributed by atoms with Gasteiger partial charge in [-0.1, -0.05) is 31.2 Å². The van der Waals surface area contributed by atoms with E-state index in [2.05, 4.69) is 53.6 Å². The first kappa shape index (κ1) is 24.2. The van der Waals surface area contributed by atoms with E-state index in [1.54, 1.807) is 7.11 Å². The Morgan fingerprint density at radius 3 is 2.48 bits per heavy atom. The highest BCUT2D eigenvalue weighted by Gasteiger charge is 2.19. The number of hydrogen-bond acceptors (Lipinski definition) is 3. The molecule has 0 saturated carbocycles. The lowest BCUT2D eigenvalue weighted by molar-refractivity contribution is 0.121. The molecule has 6 heteroatoms. The predicted molar refractivity (Wildman–Crippen MR) is 125 cm³/mol. The van der Waals surface area contributed by atoms with Gasteiger partial charge in [0, 0.05) is 26.7 Å². The highest BCUT2D eigenvalue weighted by molar-refractivity contribution is 14.0. The van der Waals surface area contributed by atoms with Gasteiger partial charge in [0.2, 0.25) is 0 Å². The van der Waals surface area contributed by atoms with Crippen molar-refractivity contribution in [2.45, 2.75) is 39.7 Å². The molecule has 1 heterocycles. The lowest BCUT2D eigenvalue weighted by Crippen LogP contribution is -2.43. The molecular weight excluding hydrogens is 451 g/mol.